The standard InChI is InChI=1S/C25H42N2/c1-3-4-5-6-7-8-9-10-11-12-13-14-15-16-17-22-25-26-23-20-18-19-21-24(23)27(25)2/h18-21H,3-17,22H2,1-2H3. The van der Waals surface area contributed by atoms with Gasteiger partial charge in [0, 0.05) is 13.5 Å². The van der Waals surface area contributed by atoms with Crippen molar-refractivity contribution in [3.05, 3.63) is 30.1 Å². The lowest BCUT2D eigenvalue weighted by Crippen LogP contribution is -1.97. The maximum atomic E-state index is 4.78. The van der Waals surface area contributed by atoms with Crippen LogP contribution in [0.1, 0.15) is 109 Å². The van der Waals surface area contributed by atoms with Gasteiger partial charge in [-0.25, -0.2) is 4.98 Å². The quantitative estimate of drug-likeness (QED) is 0.274. The molecule has 2 aromatic rings. The number of hydrogen-bond acceptors (Lipinski definition) is 1. The molecule has 2 rings (SSSR count). The van der Waals surface area contributed by atoms with Gasteiger partial charge in [-0.05, 0) is 18.6 Å². The van der Waals surface area contributed by atoms with E-state index in [1.165, 1.54) is 108 Å². The molecule has 27 heavy (non-hydrogen) atoms. The first-order chi connectivity index (χ1) is 13.3. The van der Waals surface area contributed by atoms with Crippen LogP contribution in [0.15, 0.2) is 24.3 Å². The normalized spacial score (nSPS) is 11.5. The Hall–Kier alpha value is -1.31. The van der Waals surface area contributed by atoms with Crippen LogP contribution in [0.4, 0.5) is 0 Å². The SMILES string of the molecule is CCCCCCCCCCCCCCCCCc1nc2ccccc2n1C. The highest BCUT2D eigenvalue weighted by molar-refractivity contribution is 5.75. The van der Waals surface area contributed by atoms with E-state index in [-0.39, 0.29) is 0 Å². The number of hydrogen-bond donors (Lipinski definition) is 0. The second-order valence-corrected chi connectivity index (χ2v) is 8.28. The number of nitrogens with zero attached hydrogens (tertiary/aromatic N) is 2. The lowest BCUT2D eigenvalue weighted by Gasteiger charge is -2.04. The first kappa shape index (κ1) is 22.0. The lowest BCUT2D eigenvalue weighted by atomic mass is 10.0. The molecule has 0 amide bonds. The Kier molecular flexibility index (Phi) is 11.2. The fraction of sp³-hybridized carbons (Fsp3) is 0.720. The first-order valence-electron chi connectivity index (χ1n) is 11.7. The first-order valence-corrected chi connectivity index (χ1v) is 11.7. The zero-order valence-corrected chi connectivity index (χ0v) is 18.0. The van der Waals surface area contributed by atoms with Crippen molar-refractivity contribution in [1.82, 2.24) is 9.55 Å². The van der Waals surface area contributed by atoms with Crippen molar-refractivity contribution >= 4 is 11.0 Å². The lowest BCUT2D eigenvalue weighted by molar-refractivity contribution is 0.531. The molecule has 0 spiro atoms. The maximum absolute atomic E-state index is 4.78. The molecule has 0 saturated heterocycles. The van der Waals surface area contributed by atoms with Gasteiger partial charge in [-0.2, -0.15) is 0 Å². The molecule has 0 fully saturated rings. The van der Waals surface area contributed by atoms with Gasteiger partial charge < -0.3 is 4.57 Å². The van der Waals surface area contributed by atoms with Crippen molar-refractivity contribution in [2.24, 2.45) is 7.05 Å². The van der Waals surface area contributed by atoms with E-state index < -0.39 is 0 Å². The van der Waals surface area contributed by atoms with Gasteiger partial charge in [0.05, 0.1) is 11.0 Å². The second-order valence-electron chi connectivity index (χ2n) is 8.28. The van der Waals surface area contributed by atoms with Crippen molar-refractivity contribution in [1.29, 1.82) is 0 Å². The minimum absolute atomic E-state index is 1.11. The molecule has 0 N–H and O–H groups in total. The number of rotatable bonds is 16. The summed E-state index contributed by atoms with van der Waals surface area (Å²) in [5.41, 5.74) is 2.39. The van der Waals surface area contributed by atoms with Crippen LogP contribution in [-0.4, -0.2) is 9.55 Å². The molecule has 1 aromatic heterocycles. The Morgan fingerprint density at radius 1 is 0.667 bits per heavy atom. The number of aromatic nitrogens is 2. The average Bonchev–Trinajstić information content (AvgIpc) is 3.01. The smallest absolute Gasteiger partial charge is 0.109 e. The van der Waals surface area contributed by atoms with E-state index in [4.69, 9.17) is 4.98 Å². The Morgan fingerprint density at radius 2 is 1.15 bits per heavy atom. The highest BCUT2D eigenvalue weighted by atomic mass is 15.1. The molecule has 1 heterocycles. The minimum Gasteiger partial charge on any atom is -0.331 e. The van der Waals surface area contributed by atoms with Gasteiger partial charge in [-0.3, -0.25) is 0 Å². The van der Waals surface area contributed by atoms with E-state index in [1.54, 1.807) is 0 Å². The highest BCUT2D eigenvalue weighted by Crippen LogP contribution is 2.17. The third kappa shape index (κ3) is 8.49. The summed E-state index contributed by atoms with van der Waals surface area (Å²) < 4.78 is 2.26. The summed E-state index contributed by atoms with van der Waals surface area (Å²) in [5, 5.41) is 0. The van der Waals surface area contributed by atoms with Crippen LogP contribution in [0, 0.1) is 0 Å². The molecular formula is C25H42N2. The summed E-state index contributed by atoms with van der Waals surface area (Å²) in [6.07, 6.45) is 22.4. The summed E-state index contributed by atoms with van der Waals surface area (Å²) in [4.78, 5) is 4.78. The van der Waals surface area contributed by atoms with Crippen LogP contribution >= 0.6 is 0 Å². The second kappa shape index (κ2) is 13.8. The molecule has 152 valence electrons. The van der Waals surface area contributed by atoms with Crippen LogP contribution in [0.2, 0.25) is 0 Å². The van der Waals surface area contributed by atoms with Crippen molar-refractivity contribution < 1.29 is 0 Å². The Balaban J connectivity index is 1.39. The molecular weight excluding hydrogens is 328 g/mol. The van der Waals surface area contributed by atoms with Crippen LogP contribution in [-0.2, 0) is 13.5 Å². The summed E-state index contributed by atoms with van der Waals surface area (Å²) in [6.45, 7) is 2.29. The van der Waals surface area contributed by atoms with Crippen molar-refractivity contribution in [2.75, 3.05) is 0 Å². The summed E-state index contributed by atoms with van der Waals surface area (Å²) in [6, 6.07) is 8.46. The number of benzene rings is 1. The zero-order chi connectivity index (χ0) is 19.2. The molecule has 0 bridgehead atoms. The van der Waals surface area contributed by atoms with Crippen LogP contribution < -0.4 is 0 Å². The van der Waals surface area contributed by atoms with Gasteiger partial charge in [0.2, 0.25) is 0 Å². The van der Waals surface area contributed by atoms with Crippen molar-refractivity contribution in [2.45, 2.75) is 110 Å². The van der Waals surface area contributed by atoms with E-state index in [0.29, 0.717) is 0 Å². The van der Waals surface area contributed by atoms with Gasteiger partial charge in [-0.15, -0.1) is 0 Å². The number of aryl methyl sites for hydroxylation is 2. The minimum atomic E-state index is 1.11. The van der Waals surface area contributed by atoms with E-state index in [2.05, 4.69) is 42.8 Å². The molecule has 0 aliphatic carbocycles. The molecule has 0 saturated carbocycles. The molecule has 0 aliphatic heterocycles. The third-order valence-corrected chi connectivity index (χ3v) is 5.88. The van der Waals surface area contributed by atoms with E-state index in [1.807, 2.05) is 0 Å². The van der Waals surface area contributed by atoms with Gasteiger partial charge in [0.25, 0.3) is 0 Å². The molecule has 0 atom stereocenters. The number of unbranched alkanes of at least 4 members (excludes halogenated alkanes) is 14. The Labute approximate surface area is 167 Å². The average molecular weight is 371 g/mol. The predicted molar refractivity (Wildman–Crippen MR) is 119 cm³/mol. The summed E-state index contributed by atoms with van der Waals surface area (Å²) >= 11 is 0. The van der Waals surface area contributed by atoms with Crippen LogP contribution in [0.25, 0.3) is 11.0 Å². The molecule has 2 heteroatoms. The highest BCUT2D eigenvalue weighted by Gasteiger charge is 2.06. The number of fused-ring (bicyclic) bond motifs is 1. The Bertz CT molecular complexity index is 614. The molecule has 0 aliphatic rings. The van der Waals surface area contributed by atoms with E-state index >= 15 is 0 Å². The van der Waals surface area contributed by atoms with Gasteiger partial charge in [0.1, 0.15) is 5.82 Å². The van der Waals surface area contributed by atoms with Gasteiger partial charge in [-0.1, -0.05) is 109 Å². The molecule has 0 unspecified atom stereocenters. The predicted octanol–water partition coefficient (Wildman–Crippen LogP) is 7.99. The van der Waals surface area contributed by atoms with Gasteiger partial charge >= 0.3 is 0 Å². The fourth-order valence-corrected chi connectivity index (χ4v) is 4.07. The maximum Gasteiger partial charge on any atom is 0.109 e. The Morgan fingerprint density at radius 3 is 1.67 bits per heavy atom. The number of para-hydroxylation sites is 2. The largest absolute Gasteiger partial charge is 0.331 e. The monoisotopic (exact) mass is 370 g/mol. The molecule has 1 aromatic carbocycles. The van der Waals surface area contributed by atoms with Crippen LogP contribution in [0.5, 0.6) is 0 Å². The van der Waals surface area contributed by atoms with Crippen molar-refractivity contribution in [3.8, 4) is 0 Å². The molecule has 0 radical (unpaired) electrons. The fourth-order valence-electron chi connectivity index (χ4n) is 4.07. The van der Waals surface area contributed by atoms with Crippen molar-refractivity contribution in [3.63, 3.8) is 0 Å². The zero-order valence-electron chi connectivity index (χ0n) is 18.0. The van der Waals surface area contributed by atoms with Gasteiger partial charge in [0.15, 0.2) is 0 Å². The van der Waals surface area contributed by atoms with Crippen LogP contribution in [0.3, 0.4) is 0 Å². The summed E-state index contributed by atoms with van der Waals surface area (Å²) in [5.74, 6) is 1.24. The van der Waals surface area contributed by atoms with E-state index in [0.717, 1.165) is 11.9 Å². The molecule has 2 nitrogen and oxygen atoms in total. The summed E-state index contributed by atoms with van der Waals surface area (Å²) in [7, 11) is 2.15. The topological polar surface area (TPSA) is 17.8 Å². The third-order valence-electron chi connectivity index (χ3n) is 5.88. The number of imidazole rings is 1. The van der Waals surface area contributed by atoms with E-state index in [9.17, 15) is 0 Å².